The first-order chi connectivity index (χ1) is 12.0. The molecule has 0 saturated carbocycles. The molecular weight excluding hydrogens is 477 g/mol. The number of benzene rings is 1. The predicted octanol–water partition coefficient (Wildman–Crippen LogP) is 5.79. The molecule has 1 N–H and O–H groups in total. The highest BCUT2D eigenvalue weighted by atomic mass is 79.9. The maximum Gasteiger partial charge on any atom is 0.284 e. The molecule has 2 heterocycles. The summed E-state index contributed by atoms with van der Waals surface area (Å²) in [4.78, 5) is 14.5. The fraction of sp³-hybridized carbons (Fsp3) is 0.294. The standard InChI is InChI=1S/C15H12Br2FNO3S.C2H6/c16-11-7-23(8-12(17)14(11)20)15(21)19-3-4-22-6-9-1-2-10(18)5-13(9)19;1-2/h1-2,5,7-8,20H,3-4,6H2;1-2H3. The van der Waals surface area contributed by atoms with Crippen LogP contribution >= 0.6 is 42.3 Å². The van der Waals surface area contributed by atoms with Crippen LogP contribution in [0.3, 0.4) is 0 Å². The second-order valence-corrected chi connectivity index (χ2v) is 8.17. The van der Waals surface area contributed by atoms with E-state index in [-0.39, 0.29) is 11.0 Å². The zero-order valence-corrected chi connectivity index (χ0v) is 17.7. The minimum atomic E-state index is -0.879. The first kappa shape index (κ1) is 20.4. The molecule has 3 rings (SSSR count). The van der Waals surface area contributed by atoms with Gasteiger partial charge in [-0.25, -0.2) is 4.39 Å². The smallest absolute Gasteiger partial charge is 0.284 e. The van der Waals surface area contributed by atoms with E-state index in [4.69, 9.17) is 4.74 Å². The van der Waals surface area contributed by atoms with E-state index in [1.807, 2.05) is 13.8 Å². The molecule has 0 saturated heterocycles. The van der Waals surface area contributed by atoms with E-state index in [9.17, 15) is 14.3 Å². The maximum atomic E-state index is 13.6. The number of fused-ring (bicyclic) bond motifs is 1. The summed E-state index contributed by atoms with van der Waals surface area (Å²) in [5.74, 6) is -0.345. The summed E-state index contributed by atoms with van der Waals surface area (Å²) in [6.45, 7) is 5.08. The van der Waals surface area contributed by atoms with Crippen molar-refractivity contribution in [3.05, 3.63) is 49.7 Å². The van der Waals surface area contributed by atoms with Crippen LogP contribution in [0.4, 0.5) is 14.9 Å². The van der Waals surface area contributed by atoms with Crippen molar-refractivity contribution >= 4 is 58.6 Å². The summed E-state index contributed by atoms with van der Waals surface area (Å²) in [6, 6.07) is 4.35. The minimum absolute atomic E-state index is 0.0483. The van der Waals surface area contributed by atoms with Crippen LogP contribution in [-0.4, -0.2) is 28.9 Å². The third-order valence-corrected chi connectivity index (χ3v) is 6.81. The van der Waals surface area contributed by atoms with Gasteiger partial charge in [0.2, 0.25) is 0 Å². The number of hydrogen-bond donors (Lipinski definition) is 1. The lowest BCUT2D eigenvalue weighted by Gasteiger charge is -2.24. The molecule has 1 atom stereocenters. The van der Waals surface area contributed by atoms with Gasteiger partial charge >= 0.3 is 0 Å². The van der Waals surface area contributed by atoms with Crippen LogP contribution in [-0.2, 0) is 11.3 Å². The quantitative estimate of drug-likeness (QED) is 0.464. The number of nitrogens with zero attached hydrogens (tertiary/aromatic N) is 1. The second-order valence-electron chi connectivity index (χ2n) is 4.90. The molecule has 25 heavy (non-hydrogen) atoms. The molecule has 0 spiro atoms. The molecule has 2 aliphatic rings. The van der Waals surface area contributed by atoms with Gasteiger partial charge in [0, 0.05) is 5.56 Å². The molecule has 4 nitrogen and oxygen atoms in total. The van der Waals surface area contributed by atoms with Crippen molar-refractivity contribution < 1.29 is 19.0 Å². The first-order valence-corrected chi connectivity index (χ1v) is 10.6. The van der Waals surface area contributed by atoms with E-state index in [2.05, 4.69) is 31.9 Å². The lowest BCUT2D eigenvalue weighted by Crippen LogP contribution is -2.31. The fourth-order valence-electron chi connectivity index (χ4n) is 2.27. The number of carbonyl (C=O) groups is 1. The van der Waals surface area contributed by atoms with Gasteiger partial charge in [-0.05, 0) is 54.8 Å². The Kier molecular flexibility index (Phi) is 7.42. The molecule has 1 unspecified atom stereocenters. The number of rotatable bonds is 0. The van der Waals surface area contributed by atoms with Crippen LogP contribution in [0.5, 0.6) is 0 Å². The van der Waals surface area contributed by atoms with Gasteiger partial charge in [-0.2, -0.15) is 0 Å². The number of aliphatic hydroxyl groups excluding tert-OH is 1. The summed E-state index contributed by atoms with van der Waals surface area (Å²) in [6.07, 6.45) is 0. The Morgan fingerprint density at radius 1 is 1.36 bits per heavy atom. The summed E-state index contributed by atoms with van der Waals surface area (Å²) >= 11 is 6.48. The van der Waals surface area contributed by atoms with E-state index in [1.54, 1.807) is 21.7 Å². The summed E-state index contributed by atoms with van der Waals surface area (Å²) < 4.78 is 20.0. The summed E-state index contributed by atoms with van der Waals surface area (Å²) in [5.41, 5.74) is 1.31. The van der Waals surface area contributed by atoms with Gasteiger partial charge in [0.15, 0.2) is 0 Å². The topological polar surface area (TPSA) is 49.8 Å². The molecule has 1 amide bonds. The van der Waals surface area contributed by atoms with Crippen molar-refractivity contribution in [2.24, 2.45) is 0 Å². The molecule has 0 bridgehead atoms. The lowest BCUT2D eigenvalue weighted by atomic mass is 10.1. The van der Waals surface area contributed by atoms with Gasteiger partial charge in [0.25, 0.3) is 5.24 Å². The van der Waals surface area contributed by atoms with Crippen molar-refractivity contribution in [2.45, 2.75) is 20.5 Å². The van der Waals surface area contributed by atoms with Crippen LogP contribution in [0.15, 0.2) is 38.3 Å². The SMILES string of the molecule is CC.O=C(N1CCOCc2ccc(F)cc21)S1=CC(Br)=C(O)C(Br)=C1. The molecule has 8 heteroatoms. The van der Waals surface area contributed by atoms with Crippen molar-refractivity contribution in [1.29, 1.82) is 0 Å². The Balaban J connectivity index is 0.00000109. The van der Waals surface area contributed by atoms with Gasteiger partial charge < -0.3 is 14.7 Å². The Bertz CT molecular complexity index is 777. The zero-order valence-electron chi connectivity index (χ0n) is 13.8. The van der Waals surface area contributed by atoms with E-state index in [0.717, 1.165) is 5.56 Å². The van der Waals surface area contributed by atoms with Gasteiger partial charge in [-0.3, -0.25) is 4.79 Å². The predicted molar refractivity (Wildman–Crippen MR) is 109 cm³/mol. The van der Waals surface area contributed by atoms with Crippen LogP contribution in [0.1, 0.15) is 19.4 Å². The highest BCUT2D eigenvalue weighted by Gasteiger charge is 2.25. The van der Waals surface area contributed by atoms with Gasteiger partial charge in [-0.15, -0.1) is 0 Å². The number of allylic oxidation sites excluding steroid dienone is 2. The lowest BCUT2D eigenvalue weighted by molar-refractivity contribution is 0.133. The maximum absolute atomic E-state index is 13.6. The molecule has 0 radical (unpaired) electrons. The average molecular weight is 495 g/mol. The molecule has 0 aliphatic carbocycles. The number of aliphatic hydroxyl groups is 1. The fourth-order valence-corrected chi connectivity index (χ4v) is 5.55. The Labute approximate surface area is 165 Å². The molecule has 2 aliphatic heterocycles. The van der Waals surface area contributed by atoms with Crippen LogP contribution in [0.2, 0.25) is 0 Å². The number of ether oxygens (including phenoxy) is 1. The monoisotopic (exact) mass is 493 g/mol. The van der Waals surface area contributed by atoms with E-state index < -0.39 is 16.3 Å². The number of carbonyl (C=O) groups excluding carboxylic acids is 1. The minimum Gasteiger partial charge on any atom is -0.506 e. The van der Waals surface area contributed by atoms with Crippen molar-refractivity contribution in [1.82, 2.24) is 0 Å². The van der Waals surface area contributed by atoms with Crippen molar-refractivity contribution in [3.63, 3.8) is 0 Å². The molecule has 0 fully saturated rings. The summed E-state index contributed by atoms with van der Waals surface area (Å²) in [7, 11) is -0.879. The third-order valence-electron chi connectivity index (χ3n) is 3.39. The number of hydrogen-bond acceptors (Lipinski definition) is 3. The Morgan fingerprint density at radius 2 is 2.08 bits per heavy atom. The van der Waals surface area contributed by atoms with Crippen LogP contribution in [0, 0.1) is 5.82 Å². The number of anilines is 1. The molecule has 1 aromatic carbocycles. The van der Waals surface area contributed by atoms with Crippen molar-refractivity contribution in [2.75, 3.05) is 18.1 Å². The molecule has 1 aromatic rings. The van der Waals surface area contributed by atoms with E-state index in [0.29, 0.717) is 34.4 Å². The third kappa shape index (κ3) is 4.61. The Morgan fingerprint density at radius 3 is 2.76 bits per heavy atom. The summed E-state index contributed by atoms with van der Waals surface area (Å²) in [5, 5.41) is 12.9. The van der Waals surface area contributed by atoms with Crippen LogP contribution < -0.4 is 4.90 Å². The van der Waals surface area contributed by atoms with Gasteiger partial charge in [-0.1, -0.05) is 30.4 Å². The highest BCUT2D eigenvalue weighted by molar-refractivity contribution is 9.12. The highest BCUT2D eigenvalue weighted by Crippen LogP contribution is 2.37. The average Bonchev–Trinajstić information content (AvgIpc) is 2.82. The zero-order chi connectivity index (χ0) is 18.6. The largest absolute Gasteiger partial charge is 0.506 e. The van der Waals surface area contributed by atoms with E-state index >= 15 is 0 Å². The number of halogens is 3. The second kappa shape index (κ2) is 9.12. The molecular formula is C17H18Br2FNO3S. The van der Waals surface area contributed by atoms with Crippen LogP contribution in [0.25, 0.3) is 0 Å². The first-order valence-electron chi connectivity index (χ1n) is 7.68. The molecule has 0 aromatic heterocycles. The van der Waals surface area contributed by atoms with E-state index in [1.165, 1.54) is 12.1 Å². The Hall–Kier alpha value is -0.960. The molecule has 136 valence electrons. The number of amides is 1. The van der Waals surface area contributed by atoms with Gasteiger partial charge in [0.05, 0.1) is 34.4 Å². The normalized spacial score (nSPS) is 19.8. The van der Waals surface area contributed by atoms with Crippen molar-refractivity contribution in [3.8, 4) is 0 Å². The van der Waals surface area contributed by atoms with Gasteiger partial charge in [0.1, 0.15) is 11.6 Å².